The molecule has 0 aromatic heterocycles. The number of hydrogen-bond donors (Lipinski definition) is 1. The fraction of sp³-hybridized carbons (Fsp3) is 0.417. The molecule has 2 amide bonds. The monoisotopic (exact) mass is 430 g/mol. The Bertz CT molecular complexity index is 850. The number of hydrogen-bond acceptors (Lipinski definition) is 3. The van der Waals surface area contributed by atoms with E-state index in [0.717, 1.165) is 5.56 Å². The number of rotatable bonds is 9. The van der Waals surface area contributed by atoms with E-state index in [9.17, 15) is 9.59 Å². The van der Waals surface area contributed by atoms with Gasteiger partial charge in [0.25, 0.3) is 5.91 Å². The van der Waals surface area contributed by atoms with E-state index in [-0.39, 0.29) is 31.0 Å². The molecule has 0 heterocycles. The first-order valence-electron chi connectivity index (χ1n) is 10.2. The number of benzene rings is 2. The molecule has 0 radical (unpaired) electrons. The van der Waals surface area contributed by atoms with Gasteiger partial charge >= 0.3 is 0 Å². The lowest BCUT2D eigenvalue weighted by molar-refractivity contribution is -0.142. The van der Waals surface area contributed by atoms with Gasteiger partial charge in [0.15, 0.2) is 6.61 Å². The van der Waals surface area contributed by atoms with Gasteiger partial charge in [-0.05, 0) is 62.1 Å². The lowest BCUT2D eigenvalue weighted by atomic mass is 10.0. The van der Waals surface area contributed by atoms with Crippen molar-refractivity contribution in [1.29, 1.82) is 0 Å². The molecule has 6 heteroatoms. The van der Waals surface area contributed by atoms with Crippen LogP contribution in [0.15, 0.2) is 48.5 Å². The quantitative estimate of drug-likeness (QED) is 0.622. The third-order valence-electron chi connectivity index (χ3n) is 4.75. The van der Waals surface area contributed by atoms with Crippen molar-refractivity contribution in [2.24, 2.45) is 0 Å². The fourth-order valence-corrected chi connectivity index (χ4v) is 3.21. The maximum Gasteiger partial charge on any atom is 0.261 e. The highest BCUT2D eigenvalue weighted by Gasteiger charge is 2.27. The smallest absolute Gasteiger partial charge is 0.261 e. The molecule has 2 aromatic rings. The van der Waals surface area contributed by atoms with Crippen molar-refractivity contribution < 1.29 is 14.3 Å². The number of ether oxygens (including phenoxy) is 1. The minimum Gasteiger partial charge on any atom is -0.484 e. The molecule has 162 valence electrons. The zero-order valence-corrected chi connectivity index (χ0v) is 19.1. The molecule has 1 atom stereocenters. The summed E-state index contributed by atoms with van der Waals surface area (Å²) in [4.78, 5) is 27.1. The first-order valence-corrected chi connectivity index (χ1v) is 10.6. The molecule has 30 heavy (non-hydrogen) atoms. The van der Waals surface area contributed by atoms with Gasteiger partial charge in [-0.2, -0.15) is 0 Å². The van der Waals surface area contributed by atoms with E-state index in [1.165, 1.54) is 10.5 Å². The number of carbonyl (C=O) groups excluding carboxylic acids is 2. The molecule has 0 saturated heterocycles. The molecular weight excluding hydrogens is 400 g/mol. The zero-order chi connectivity index (χ0) is 22.3. The zero-order valence-electron chi connectivity index (χ0n) is 18.3. The van der Waals surface area contributed by atoms with E-state index < -0.39 is 6.04 Å². The molecular formula is C24H31ClN2O3. The molecule has 0 aliphatic rings. The molecule has 0 bridgehead atoms. The van der Waals surface area contributed by atoms with Crippen LogP contribution in [0.5, 0.6) is 5.75 Å². The molecule has 0 unspecified atom stereocenters. The maximum atomic E-state index is 13.0. The second kappa shape index (κ2) is 11.0. The third kappa shape index (κ3) is 7.06. The summed E-state index contributed by atoms with van der Waals surface area (Å²) >= 11 is 6.09. The van der Waals surface area contributed by atoms with E-state index in [0.29, 0.717) is 16.7 Å². The highest BCUT2D eigenvalue weighted by atomic mass is 35.5. The largest absolute Gasteiger partial charge is 0.484 e. The minimum absolute atomic E-state index is 0.0150. The van der Waals surface area contributed by atoms with E-state index in [2.05, 4.69) is 19.2 Å². The second-order valence-electron chi connectivity index (χ2n) is 8.00. The van der Waals surface area contributed by atoms with Gasteiger partial charge in [-0.25, -0.2) is 0 Å². The number of nitrogens with zero attached hydrogens (tertiary/aromatic N) is 1. The summed E-state index contributed by atoms with van der Waals surface area (Å²) in [5.41, 5.74) is 2.05. The topological polar surface area (TPSA) is 58.6 Å². The number of amides is 2. The number of carbonyl (C=O) groups is 2. The minimum atomic E-state index is -0.647. The van der Waals surface area contributed by atoms with Crippen molar-refractivity contribution in [1.82, 2.24) is 10.2 Å². The Kier molecular flexibility index (Phi) is 8.72. The molecule has 0 fully saturated rings. The van der Waals surface area contributed by atoms with Crippen molar-refractivity contribution in [3.05, 3.63) is 64.7 Å². The summed E-state index contributed by atoms with van der Waals surface area (Å²) < 4.78 is 5.71. The summed E-state index contributed by atoms with van der Waals surface area (Å²) in [5, 5.41) is 3.45. The van der Waals surface area contributed by atoms with Crippen LogP contribution in [0.2, 0.25) is 5.02 Å². The van der Waals surface area contributed by atoms with E-state index >= 15 is 0 Å². The standard InChI is InChI=1S/C24H31ClN2O3/c1-16(2)20-9-11-22(12-10-20)30-15-23(28)27(18(5)24(29)26-17(3)4)14-19-7-6-8-21(25)13-19/h6-13,16-18H,14-15H2,1-5H3,(H,26,29)/t18-/m0/s1. The fourth-order valence-electron chi connectivity index (χ4n) is 3.00. The highest BCUT2D eigenvalue weighted by molar-refractivity contribution is 6.30. The maximum absolute atomic E-state index is 13.0. The van der Waals surface area contributed by atoms with Gasteiger partial charge in [-0.3, -0.25) is 9.59 Å². The predicted octanol–water partition coefficient (Wildman–Crippen LogP) is 4.78. The summed E-state index contributed by atoms with van der Waals surface area (Å²) in [6, 6.07) is 14.3. The first kappa shape index (κ1) is 23.7. The van der Waals surface area contributed by atoms with Crippen molar-refractivity contribution >= 4 is 23.4 Å². The van der Waals surface area contributed by atoms with E-state index in [1.54, 1.807) is 19.1 Å². The van der Waals surface area contributed by atoms with Crippen LogP contribution in [0.3, 0.4) is 0 Å². The van der Waals surface area contributed by atoms with E-state index in [4.69, 9.17) is 16.3 Å². The lowest BCUT2D eigenvalue weighted by Gasteiger charge is -2.29. The van der Waals surface area contributed by atoms with Gasteiger partial charge < -0.3 is 15.0 Å². The first-order chi connectivity index (χ1) is 14.2. The highest BCUT2D eigenvalue weighted by Crippen LogP contribution is 2.19. The van der Waals surface area contributed by atoms with Crippen LogP contribution in [0.1, 0.15) is 51.7 Å². The Morgan fingerprint density at radius 2 is 1.70 bits per heavy atom. The van der Waals surface area contributed by atoms with Crippen LogP contribution in [-0.2, 0) is 16.1 Å². The summed E-state index contributed by atoms with van der Waals surface area (Å²) in [7, 11) is 0. The number of halogens is 1. The summed E-state index contributed by atoms with van der Waals surface area (Å²) in [6.07, 6.45) is 0. The van der Waals surface area contributed by atoms with Crippen LogP contribution in [0.4, 0.5) is 0 Å². The molecule has 0 spiro atoms. The van der Waals surface area contributed by atoms with Gasteiger partial charge in [-0.15, -0.1) is 0 Å². The lowest BCUT2D eigenvalue weighted by Crippen LogP contribution is -2.50. The molecule has 5 nitrogen and oxygen atoms in total. The summed E-state index contributed by atoms with van der Waals surface area (Å²) in [5.74, 6) is 0.569. The normalized spacial score (nSPS) is 12.0. The average molecular weight is 431 g/mol. The molecule has 2 aromatic carbocycles. The van der Waals surface area contributed by atoms with Gasteiger partial charge in [0.05, 0.1) is 0 Å². The van der Waals surface area contributed by atoms with Crippen molar-refractivity contribution in [3.63, 3.8) is 0 Å². The van der Waals surface area contributed by atoms with Crippen molar-refractivity contribution in [2.45, 2.75) is 59.2 Å². The predicted molar refractivity (Wildman–Crippen MR) is 121 cm³/mol. The molecule has 0 aliphatic heterocycles. The van der Waals surface area contributed by atoms with Crippen molar-refractivity contribution in [2.75, 3.05) is 6.61 Å². The Hall–Kier alpha value is -2.53. The molecule has 0 saturated carbocycles. The number of nitrogens with one attached hydrogen (secondary N) is 1. The molecule has 2 rings (SSSR count). The van der Waals surface area contributed by atoms with Gasteiger partial charge in [-0.1, -0.05) is 49.7 Å². The van der Waals surface area contributed by atoms with Crippen molar-refractivity contribution in [3.8, 4) is 5.75 Å². The van der Waals surface area contributed by atoms with Gasteiger partial charge in [0.1, 0.15) is 11.8 Å². The van der Waals surface area contributed by atoms with Gasteiger partial charge in [0, 0.05) is 17.6 Å². The van der Waals surface area contributed by atoms with Crippen LogP contribution in [0.25, 0.3) is 0 Å². The SMILES string of the molecule is CC(C)NC(=O)[C@H](C)N(Cc1cccc(Cl)c1)C(=O)COc1ccc(C(C)C)cc1. The Morgan fingerprint density at radius 1 is 1.03 bits per heavy atom. The Labute approximate surface area is 184 Å². The Balaban J connectivity index is 2.13. The van der Waals surface area contributed by atoms with Crippen LogP contribution >= 0.6 is 11.6 Å². The van der Waals surface area contributed by atoms with Crippen LogP contribution < -0.4 is 10.1 Å². The van der Waals surface area contributed by atoms with Crippen LogP contribution in [-0.4, -0.2) is 35.4 Å². The van der Waals surface area contributed by atoms with Crippen LogP contribution in [0, 0.1) is 0 Å². The second-order valence-corrected chi connectivity index (χ2v) is 8.44. The Morgan fingerprint density at radius 3 is 2.27 bits per heavy atom. The molecule has 0 aliphatic carbocycles. The van der Waals surface area contributed by atoms with Gasteiger partial charge in [0.2, 0.25) is 5.91 Å². The summed E-state index contributed by atoms with van der Waals surface area (Å²) in [6.45, 7) is 9.85. The molecule has 1 N–H and O–H groups in total. The average Bonchev–Trinajstić information content (AvgIpc) is 2.69. The van der Waals surface area contributed by atoms with E-state index in [1.807, 2.05) is 50.2 Å². The third-order valence-corrected chi connectivity index (χ3v) is 4.98.